The number of piperazine rings is 1. The molecule has 5 nitrogen and oxygen atoms in total. The number of hydrogen-bond acceptors (Lipinski definition) is 4. The van der Waals surface area contributed by atoms with Gasteiger partial charge in [0.25, 0.3) is 0 Å². The number of rotatable bonds is 5. The lowest BCUT2D eigenvalue weighted by atomic mass is 10.3. The molecule has 0 aromatic heterocycles. The van der Waals surface area contributed by atoms with Gasteiger partial charge in [0.2, 0.25) is 11.8 Å². The van der Waals surface area contributed by atoms with Crippen LogP contribution in [0.25, 0.3) is 0 Å². The van der Waals surface area contributed by atoms with Gasteiger partial charge in [-0.1, -0.05) is 0 Å². The number of nitrogens with two attached hydrogens (primary N) is 1. The van der Waals surface area contributed by atoms with Crippen molar-refractivity contribution in [3.05, 3.63) is 30.1 Å². The summed E-state index contributed by atoms with van der Waals surface area (Å²) in [5.41, 5.74) is 5.15. The van der Waals surface area contributed by atoms with E-state index in [0.29, 0.717) is 31.9 Å². The van der Waals surface area contributed by atoms with Gasteiger partial charge in [0.15, 0.2) is 0 Å². The molecule has 0 aliphatic carbocycles. The fourth-order valence-electron chi connectivity index (χ4n) is 2.14. The summed E-state index contributed by atoms with van der Waals surface area (Å²) in [5, 5.41) is 0. The van der Waals surface area contributed by atoms with Gasteiger partial charge in [-0.2, -0.15) is 0 Å². The number of amides is 2. The lowest BCUT2D eigenvalue weighted by Gasteiger charge is -2.34. The van der Waals surface area contributed by atoms with Crippen molar-refractivity contribution in [2.45, 2.75) is 4.90 Å². The van der Waals surface area contributed by atoms with E-state index in [1.807, 2.05) is 4.90 Å². The number of primary amides is 1. The predicted octanol–water partition coefficient (Wildman–Crippen LogP) is 0.547. The van der Waals surface area contributed by atoms with E-state index in [4.69, 9.17) is 5.73 Å². The Hall–Kier alpha value is -1.60. The fraction of sp³-hybridized carbons (Fsp3) is 0.429. The number of halogens is 1. The lowest BCUT2D eigenvalue weighted by molar-refractivity contribution is -0.130. The van der Waals surface area contributed by atoms with E-state index in [9.17, 15) is 14.0 Å². The Kier molecular flexibility index (Phi) is 5.58. The Morgan fingerprint density at radius 1 is 1.14 bits per heavy atom. The second kappa shape index (κ2) is 7.42. The molecule has 1 saturated heterocycles. The molecule has 114 valence electrons. The van der Waals surface area contributed by atoms with Crippen LogP contribution in [0.1, 0.15) is 0 Å². The van der Waals surface area contributed by atoms with E-state index >= 15 is 0 Å². The van der Waals surface area contributed by atoms with E-state index < -0.39 is 0 Å². The SMILES string of the molecule is NC(=O)CN1CCN(C(=O)CSc2ccc(F)cc2)CC1. The van der Waals surface area contributed by atoms with E-state index in [2.05, 4.69) is 0 Å². The summed E-state index contributed by atoms with van der Waals surface area (Å²) in [4.78, 5) is 27.5. The molecule has 0 radical (unpaired) electrons. The number of benzene rings is 1. The zero-order chi connectivity index (χ0) is 15.2. The highest BCUT2D eigenvalue weighted by Crippen LogP contribution is 2.18. The van der Waals surface area contributed by atoms with Crippen LogP contribution in [-0.4, -0.2) is 60.1 Å². The second-order valence-electron chi connectivity index (χ2n) is 4.87. The molecule has 2 rings (SSSR count). The molecule has 0 bridgehead atoms. The van der Waals surface area contributed by atoms with Crippen molar-refractivity contribution in [1.82, 2.24) is 9.80 Å². The first kappa shape index (κ1) is 15.8. The number of hydrogen-bond donors (Lipinski definition) is 1. The molecule has 0 atom stereocenters. The van der Waals surface area contributed by atoms with Crippen LogP contribution in [0.15, 0.2) is 29.2 Å². The molecule has 7 heteroatoms. The Morgan fingerprint density at radius 3 is 2.33 bits per heavy atom. The van der Waals surface area contributed by atoms with Crippen LogP contribution >= 0.6 is 11.8 Å². The maximum atomic E-state index is 12.8. The molecule has 21 heavy (non-hydrogen) atoms. The van der Waals surface area contributed by atoms with Crippen LogP contribution in [0.2, 0.25) is 0 Å². The van der Waals surface area contributed by atoms with Crippen molar-refractivity contribution < 1.29 is 14.0 Å². The third-order valence-electron chi connectivity index (χ3n) is 3.28. The van der Waals surface area contributed by atoms with Gasteiger partial charge in [-0.3, -0.25) is 14.5 Å². The first-order chi connectivity index (χ1) is 10.0. The zero-order valence-electron chi connectivity index (χ0n) is 11.6. The molecule has 1 aliphatic heterocycles. The van der Waals surface area contributed by atoms with Gasteiger partial charge < -0.3 is 10.6 Å². The second-order valence-corrected chi connectivity index (χ2v) is 5.91. The van der Waals surface area contributed by atoms with Gasteiger partial charge in [-0.25, -0.2) is 4.39 Å². The minimum Gasteiger partial charge on any atom is -0.369 e. The normalized spacial score (nSPS) is 16.0. The Balaban J connectivity index is 1.74. The molecule has 1 aromatic carbocycles. The van der Waals surface area contributed by atoms with Gasteiger partial charge in [-0.15, -0.1) is 11.8 Å². The predicted molar refractivity (Wildman–Crippen MR) is 79.3 cm³/mol. The summed E-state index contributed by atoms with van der Waals surface area (Å²) in [6, 6.07) is 6.10. The van der Waals surface area contributed by atoms with E-state index in [1.165, 1.54) is 23.9 Å². The van der Waals surface area contributed by atoms with Crippen LogP contribution < -0.4 is 5.73 Å². The maximum Gasteiger partial charge on any atom is 0.233 e. The molecule has 1 fully saturated rings. The van der Waals surface area contributed by atoms with Crippen molar-refractivity contribution in [3.63, 3.8) is 0 Å². The van der Waals surface area contributed by atoms with Crippen molar-refractivity contribution >= 4 is 23.6 Å². The number of carbonyl (C=O) groups is 2. The molecule has 2 N–H and O–H groups in total. The molecule has 1 aliphatic rings. The molecule has 0 unspecified atom stereocenters. The van der Waals surface area contributed by atoms with Gasteiger partial charge in [0.1, 0.15) is 5.82 Å². The molecule has 1 heterocycles. The van der Waals surface area contributed by atoms with Crippen molar-refractivity contribution in [2.75, 3.05) is 38.5 Å². The third-order valence-corrected chi connectivity index (χ3v) is 4.28. The van der Waals surface area contributed by atoms with Crippen LogP contribution in [0.4, 0.5) is 4.39 Å². The standard InChI is InChI=1S/C14H18FN3O2S/c15-11-1-3-12(4-2-11)21-10-14(20)18-7-5-17(6-8-18)9-13(16)19/h1-4H,5-10H2,(H2,16,19). The van der Waals surface area contributed by atoms with Gasteiger partial charge in [-0.05, 0) is 24.3 Å². The van der Waals surface area contributed by atoms with Gasteiger partial charge in [0.05, 0.1) is 12.3 Å². The highest BCUT2D eigenvalue weighted by atomic mass is 32.2. The molecular weight excluding hydrogens is 293 g/mol. The molecule has 1 aromatic rings. The zero-order valence-corrected chi connectivity index (χ0v) is 12.4. The summed E-state index contributed by atoms with van der Waals surface area (Å²) in [6.45, 7) is 2.78. The maximum absolute atomic E-state index is 12.8. The van der Waals surface area contributed by atoms with Crippen LogP contribution in [0.5, 0.6) is 0 Å². The van der Waals surface area contributed by atoms with Crippen LogP contribution in [0, 0.1) is 5.82 Å². The van der Waals surface area contributed by atoms with E-state index in [1.54, 1.807) is 17.0 Å². The summed E-state index contributed by atoms with van der Waals surface area (Å²) < 4.78 is 12.8. The molecular formula is C14H18FN3O2S. The smallest absolute Gasteiger partial charge is 0.233 e. The fourth-order valence-corrected chi connectivity index (χ4v) is 2.94. The number of carbonyl (C=O) groups excluding carboxylic acids is 2. The topological polar surface area (TPSA) is 66.6 Å². The first-order valence-electron chi connectivity index (χ1n) is 6.71. The van der Waals surface area contributed by atoms with Gasteiger partial charge in [0, 0.05) is 31.1 Å². The monoisotopic (exact) mass is 311 g/mol. The lowest BCUT2D eigenvalue weighted by Crippen LogP contribution is -2.51. The van der Waals surface area contributed by atoms with E-state index in [-0.39, 0.29) is 24.2 Å². The number of thioether (sulfide) groups is 1. The third kappa shape index (κ3) is 5.02. The summed E-state index contributed by atoms with van der Waals surface area (Å²) >= 11 is 1.40. The minimum atomic E-state index is -0.346. The van der Waals surface area contributed by atoms with Crippen molar-refractivity contribution in [2.24, 2.45) is 5.73 Å². The first-order valence-corrected chi connectivity index (χ1v) is 7.70. The summed E-state index contributed by atoms with van der Waals surface area (Å²) in [5.74, 6) is -0.234. The van der Waals surface area contributed by atoms with Crippen LogP contribution in [-0.2, 0) is 9.59 Å². The number of nitrogens with zero attached hydrogens (tertiary/aromatic N) is 2. The largest absolute Gasteiger partial charge is 0.369 e. The highest BCUT2D eigenvalue weighted by Gasteiger charge is 2.21. The van der Waals surface area contributed by atoms with Gasteiger partial charge >= 0.3 is 0 Å². The molecule has 0 spiro atoms. The van der Waals surface area contributed by atoms with Crippen LogP contribution in [0.3, 0.4) is 0 Å². The molecule has 0 saturated carbocycles. The Morgan fingerprint density at radius 2 is 1.76 bits per heavy atom. The van der Waals surface area contributed by atoms with Crippen molar-refractivity contribution in [3.8, 4) is 0 Å². The Bertz CT molecular complexity index is 501. The Labute approximate surface area is 127 Å². The van der Waals surface area contributed by atoms with E-state index in [0.717, 1.165) is 4.90 Å². The minimum absolute atomic E-state index is 0.0584. The molecule has 2 amide bonds. The summed E-state index contributed by atoms with van der Waals surface area (Å²) in [6.07, 6.45) is 0. The average Bonchev–Trinajstić information content (AvgIpc) is 2.46. The highest BCUT2D eigenvalue weighted by molar-refractivity contribution is 8.00. The average molecular weight is 311 g/mol. The quantitative estimate of drug-likeness (QED) is 0.806. The summed E-state index contributed by atoms with van der Waals surface area (Å²) in [7, 11) is 0. The van der Waals surface area contributed by atoms with Crippen molar-refractivity contribution in [1.29, 1.82) is 0 Å².